The Morgan fingerprint density at radius 1 is 0.941 bits per heavy atom. The van der Waals surface area contributed by atoms with E-state index in [0.29, 0.717) is 0 Å². The monoisotopic (exact) mass is 233 g/mol. The molecule has 2 aromatic carbocycles. The Morgan fingerprint density at radius 3 is 2.12 bits per heavy atom. The summed E-state index contributed by atoms with van der Waals surface area (Å²) in [5.41, 5.74) is 2.05. The van der Waals surface area contributed by atoms with Crippen LogP contribution in [0.5, 0.6) is 0 Å². The van der Waals surface area contributed by atoms with Gasteiger partial charge in [0.2, 0.25) is 0 Å². The molecule has 0 fully saturated rings. The molecule has 0 spiro atoms. The second kappa shape index (κ2) is 4.95. The van der Waals surface area contributed by atoms with Crippen LogP contribution in [0, 0.1) is 18.6 Å². The first-order chi connectivity index (χ1) is 8.16. The highest BCUT2D eigenvalue weighted by Crippen LogP contribution is 2.15. The molecule has 1 nitrogen and oxygen atoms in total. The van der Waals surface area contributed by atoms with E-state index in [4.69, 9.17) is 0 Å². The smallest absolute Gasteiger partial charge is 0.131 e. The molecule has 17 heavy (non-hydrogen) atoms. The largest absolute Gasteiger partial charge is 0.381 e. The molecule has 0 aromatic heterocycles. The molecule has 2 aromatic rings. The average Bonchev–Trinajstić information content (AvgIpc) is 2.31. The van der Waals surface area contributed by atoms with Gasteiger partial charge in [0.1, 0.15) is 11.6 Å². The number of rotatable bonds is 3. The predicted octanol–water partition coefficient (Wildman–Crippen LogP) is 3.89. The Morgan fingerprint density at radius 2 is 1.53 bits per heavy atom. The van der Waals surface area contributed by atoms with E-state index in [-0.39, 0.29) is 12.1 Å². The SMILES string of the molecule is Cc1ccc(NCc2c(F)cccc2F)cc1. The molecule has 0 radical (unpaired) electrons. The third-order valence-corrected chi connectivity index (χ3v) is 2.58. The number of aryl methyl sites for hydroxylation is 1. The average molecular weight is 233 g/mol. The van der Waals surface area contributed by atoms with Crippen molar-refractivity contribution in [2.75, 3.05) is 5.32 Å². The van der Waals surface area contributed by atoms with Crippen LogP contribution >= 0.6 is 0 Å². The molecule has 0 atom stereocenters. The highest BCUT2D eigenvalue weighted by Gasteiger charge is 2.07. The van der Waals surface area contributed by atoms with Gasteiger partial charge in [0, 0.05) is 17.8 Å². The predicted molar refractivity (Wildman–Crippen MR) is 64.9 cm³/mol. The highest BCUT2D eigenvalue weighted by molar-refractivity contribution is 5.45. The minimum atomic E-state index is -0.524. The maximum absolute atomic E-state index is 13.3. The van der Waals surface area contributed by atoms with Crippen molar-refractivity contribution >= 4 is 5.69 Å². The van der Waals surface area contributed by atoms with Gasteiger partial charge >= 0.3 is 0 Å². The molecular formula is C14H13F2N. The standard InChI is InChI=1S/C14H13F2N/c1-10-5-7-11(8-6-10)17-9-12-13(15)3-2-4-14(12)16/h2-8,17H,9H2,1H3. The topological polar surface area (TPSA) is 12.0 Å². The van der Waals surface area contributed by atoms with Crippen molar-refractivity contribution < 1.29 is 8.78 Å². The summed E-state index contributed by atoms with van der Waals surface area (Å²) >= 11 is 0. The molecule has 0 saturated carbocycles. The molecule has 88 valence electrons. The Balaban J connectivity index is 2.10. The molecule has 0 amide bonds. The van der Waals surface area contributed by atoms with Gasteiger partial charge in [0.05, 0.1) is 0 Å². The number of anilines is 1. The van der Waals surface area contributed by atoms with Crippen molar-refractivity contribution in [3.8, 4) is 0 Å². The summed E-state index contributed by atoms with van der Waals surface area (Å²) in [7, 11) is 0. The fourth-order valence-electron chi connectivity index (χ4n) is 1.56. The Labute approximate surface area is 99.1 Å². The second-order valence-corrected chi connectivity index (χ2v) is 3.92. The van der Waals surface area contributed by atoms with E-state index in [1.807, 2.05) is 31.2 Å². The van der Waals surface area contributed by atoms with Crippen LogP contribution in [0.4, 0.5) is 14.5 Å². The first kappa shape index (κ1) is 11.6. The molecule has 0 bridgehead atoms. The van der Waals surface area contributed by atoms with Crippen LogP contribution in [-0.4, -0.2) is 0 Å². The lowest BCUT2D eigenvalue weighted by Crippen LogP contribution is -2.04. The molecule has 0 heterocycles. The van der Waals surface area contributed by atoms with Crippen molar-refractivity contribution in [3.63, 3.8) is 0 Å². The second-order valence-electron chi connectivity index (χ2n) is 3.92. The van der Waals surface area contributed by atoms with Gasteiger partial charge in [0.25, 0.3) is 0 Å². The van der Waals surface area contributed by atoms with Gasteiger partial charge in [-0.25, -0.2) is 8.78 Å². The Bertz CT molecular complexity index is 486. The van der Waals surface area contributed by atoms with E-state index in [0.717, 1.165) is 11.3 Å². The maximum atomic E-state index is 13.3. The fraction of sp³-hybridized carbons (Fsp3) is 0.143. The number of halogens is 2. The van der Waals surface area contributed by atoms with Crippen LogP contribution in [-0.2, 0) is 6.54 Å². The molecule has 3 heteroatoms. The lowest BCUT2D eigenvalue weighted by atomic mass is 10.2. The zero-order valence-electron chi connectivity index (χ0n) is 9.50. The number of hydrogen-bond donors (Lipinski definition) is 1. The van der Waals surface area contributed by atoms with Gasteiger partial charge in [-0.05, 0) is 31.2 Å². The van der Waals surface area contributed by atoms with Crippen LogP contribution in [0.15, 0.2) is 42.5 Å². The Kier molecular flexibility index (Phi) is 3.38. The van der Waals surface area contributed by atoms with Gasteiger partial charge in [-0.3, -0.25) is 0 Å². The lowest BCUT2D eigenvalue weighted by molar-refractivity contribution is 0.560. The third-order valence-electron chi connectivity index (χ3n) is 2.58. The van der Waals surface area contributed by atoms with Gasteiger partial charge < -0.3 is 5.32 Å². The van der Waals surface area contributed by atoms with Gasteiger partial charge in [-0.15, -0.1) is 0 Å². The summed E-state index contributed by atoms with van der Waals surface area (Å²) < 4.78 is 26.7. The highest BCUT2D eigenvalue weighted by atomic mass is 19.1. The van der Waals surface area contributed by atoms with E-state index in [1.165, 1.54) is 18.2 Å². The van der Waals surface area contributed by atoms with E-state index < -0.39 is 11.6 Å². The van der Waals surface area contributed by atoms with Crippen molar-refractivity contribution in [3.05, 3.63) is 65.2 Å². The first-order valence-corrected chi connectivity index (χ1v) is 5.40. The minimum Gasteiger partial charge on any atom is -0.381 e. The summed E-state index contributed by atoms with van der Waals surface area (Å²) in [5, 5.41) is 2.99. The normalized spacial score (nSPS) is 10.3. The molecular weight excluding hydrogens is 220 g/mol. The summed E-state index contributed by atoms with van der Waals surface area (Å²) in [6.07, 6.45) is 0. The molecule has 0 aliphatic heterocycles. The van der Waals surface area contributed by atoms with Crippen molar-refractivity contribution in [2.45, 2.75) is 13.5 Å². The van der Waals surface area contributed by atoms with Crippen molar-refractivity contribution in [1.82, 2.24) is 0 Å². The molecule has 1 N–H and O–H groups in total. The summed E-state index contributed by atoms with van der Waals surface area (Å²) in [5.74, 6) is -1.05. The van der Waals surface area contributed by atoms with Crippen LogP contribution in [0.25, 0.3) is 0 Å². The summed E-state index contributed by atoms with van der Waals surface area (Å²) in [4.78, 5) is 0. The van der Waals surface area contributed by atoms with Crippen molar-refractivity contribution in [2.24, 2.45) is 0 Å². The molecule has 0 saturated heterocycles. The van der Waals surface area contributed by atoms with Gasteiger partial charge in [0.15, 0.2) is 0 Å². The van der Waals surface area contributed by atoms with Crippen LogP contribution < -0.4 is 5.32 Å². The molecule has 0 unspecified atom stereocenters. The minimum absolute atomic E-state index is 0.0630. The molecule has 0 aliphatic rings. The maximum Gasteiger partial charge on any atom is 0.131 e. The third kappa shape index (κ3) is 2.81. The zero-order valence-corrected chi connectivity index (χ0v) is 9.50. The summed E-state index contributed by atoms with van der Waals surface area (Å²) in [6, 6.07) is 11.5. The van der Waals surface area contributed by atoms with E-state index in [9.17, 15) is 8.78 Å². The van der Waals surface area contributed by atoms with E-state index >= 15 is 0 Å². The van der Waals surface area contributed by atoms with Crippen LogP contribution in [0.1, 0.15) is 11.1 Å². The fourth-order valence-corrected chi connectivity index (χ4v) is 1.56. The zero-order chi connectivity index (χ0) is 12.3. The van der Waals surface area contributed by atoms with Gasteiger partial charge in [-0.2, -0.15) is 0 Å². The van der Waals surface area contributed by atoms with Crippen molar-refractivity contribution in [1.29, 1.82) is 0 Å². The summed E-state index contributed by atoms with van der Waals surface area (Å²) in [6.45, 7) is 2.13. The van der Waals surface area contributed by atoms with E-state index in [1.54, 1.807) is 0 Å². The van der Waals surface area contributed by atoms with Crippen LogP contribution in [0.3, 0.4) is 0 Å². The quantitative estimate of drug-likeness (QED) is 0.848. The molecule has 0 aliphatic carbocycles. The number of hydrogen-bond acceptors (Lipinski definition) is 1. The van der Waals surface area contributed by atoms with Gasteiger partial charge in [-0.1, -0.05) is 23.8 Å². The number of benzene rings is 2. The first-order valence-electron chi connectivity index (χ1n) is 5.40. The number of nitrogens with one attached hydrogen (secondary N) is 1. The van der Waals surface area contributed by atoms with Crippen LogP contribution in [0.2, 0.25) is 0 Å². The van der Waals surface area contributed by atoms with E-state index in [2.05, 4.69) is 5.32 Å². The molecule has 2 rings (SSSR count). The lowest BCUT2D eigenvalue weighted by Gasteiger charge is -2.08. The Hall–Kier alpha value is -1.90.